The second kappa shape index (κ2) is 9.10. The number of carbonyl (C=O) groups excluding carboxylic acids is 1. The van der Waals surface area contributed by atoms with E-state index in [1.807, 2.05) is 20.2 Å². The molecule has 0 aliphatic rings. The lowest BCUT2D eigenvalue weighted by Crippen LogP contribution is -2.21. The van der Waals surface area contributed by atoms with Crippen LogP contribution in [0.3, 0.4) is 0 Å². The molecule has 0 fully saturated rings. The van der Waals surface area contributed by atoms with Gasteiger partial charge in [0.25, 0.3) is 5.91 Å². The van der Waals surface area contributed by atoms with Gasteiger partial charge in [0, 0.05) is 18.1 Å². The standard InChI is InChI=1S/C17H21ClN4O2/c1-22(2)10-9-19-16-8-5-14(11-20-16)21-17(23)12-24-15-6-3-13(18)4-7-15/h3-8,11H,9-10,12H2,1-2H3,(H,19,20)(H,21,23). The van der Waals surface area contributed by atoms with E-state index in [-0.39, 0.29) is 12.5 Å². The molecule has 0 aliphatic heterocycles. The molecule has 2 N–H and O–H groups in total. The number of hydrogen-bond acceptors (Lipinski definition) is 5. The van der Waals surface area contributed by atoms with Gasteiger partial charge in [-0.05, 0) is 50.5 Å². The van der Waals surface area contributed by atoms with Gasteiger partial charge in [-0.15, -0.1) is 0 Å². The second-order valence-electron chi connectivity index (χ2n) is 5.45. The van der Waals surface area contributed by atoms with Gasteiger partial charge < -0.3 is 20.3 Å². The Kier molecular flexibility index (Phi) is 6.84. The highest BCUT2D eigenvalue weighted by Gasteiger charge is 2.04. The van der Waals surface area contributed by atoms with Gasteiger partial charge in [-0.1, -0.05) is 11.6 Å². The van der Waals surface area contributed by atoms with Crippen molar-refractivity contribution < 1.29 is 9.53 Å². The predicted octanol–water partition coefficient (Wildman–Crippen LogP) is 2.73. The summed E-state index contributed by atoms with van der Waals surface area (Å²) in [5, 5.41) is 6.57. The maximum atomic E-state index is 11.9. The predicted molar refractivity (Wildman–Crippen MR) is 96.9 cm³/mol. The normalized spacial score (nSPS) is 10.5. The first-order valence-electron chi connectivity index (χ1n) is 7.56. The van der Waals surface area contributed by atoms with Crippen LogP contribution in [0, 0.1) is 0 Å². The van der Waals surface area contributed by atoms with Crippen molar-refractivity contribution in [2.24, 2.45) is 0 Å². The number of benzene rings is 1. The van der Waals surface area contributed by atoms with Crippen LogP contribution in [0.4, 0.5) is 11.5 Å². The van der Waals surface area contributed by atoms with Crippen LogP contribution in [0.5, 0.6) is 5.75 Å². The third kappa shape index (κ3) is 6.44. The number of ether oxygens (including phenoxy) is 1. The van der Waals surface area contributed by atoms with Crippen molar-refractivity contribution >= 4 is 29.0 Å². The number of amides is 1. The van der Waals surface area contributed by atoms with Crippen LogP contribution >= 0.6 is 11.6 Å². The lowest BCUT2D eigenvalue weighted by Gasteiger charge is -2.11. The van der Waals surface area contributed by atoms with E-state index in [0.29, 0.717) is 16.5 Å². The quantitative estimate of drug-likeness (QED) is 0.767. The van der Waals surface area contributed by atoms with Gasteiger partial charge in [-0.25, -0.2) is 4.98 Å². The number of nitrogens with zero attached hydrogens (tertiary/aromatic N) is 2. The monoisotopic (exact) mass is 348 g/mol. The summed E-state index contributed by atoms with van der Waals surface area (Å²) in [6, 6.07) is 10.5. The summed E-state index contributed by atoms with van der Waals surface area (Å²) in [7, 11) is 4.03. The molecule has 0 bridgehead atoms. The molecule has 0 atom stereocenters. The number of likely N-dealkylation sites (N-methyl/N-ethyl adjacent to an activating group) is 1. The molecule has 1 aromatic carbocycles. The van der Waals surface area contributed by atoms with E-state index < -0.39 is 0 Å². The van der Waals surface area contributed by atoms with Crippen LogP contribution in [0.15, 0.2) is 42.6 Å². The fraction of sp³-hybridized carbons (Fsp3) is 0.294. The zero-order valence-corrected chi connectivity index (χ0v) is 14.5. The summed E-state index contributed by atoms with van der Waals surface area (Å²) >= 11 is 5.79. The summed E-state index contributed by atoms with van der Waals surface area (Å²) in [5.41, 5.74) is 0.623. The SMILES string of the molecule is CN(C)CCNc1ccc(NC(=O)COc2ccc(Cl)cc2)cn1. The van der Waals surface area contributed by atoms with Crippen molar-refractivity contribution in [3.63, 3.8) is 0 Å². The summed E-state index contributed by atoms with van der Waals surface area (Å²) in [6.45, 7) is 1.65. The number of nitrogens with one attached hydrogen (secondary N) is 2. The Balaban J connectivity index is 1.76. The summed E-state index contributed by atoms with van der Waals surface area (Å²) < 4.78 is 5.39. The molecule has 0 spiro atoms. The van der Waals surface area contributed by atoms with E-state index in [9.17, 15) is 4.79 Å². The van der Waals surface area contributed by atoms with Crippen molar-refractivity contribution in [1.29, 1.82) is 0 Å². The number of halogens is 1. The summed E-state index contributed by atoms with van der Waals surface area (Å²) in [6.07, 6.45) is 1.61. The molecule has 1 heterocycles. The molecule has 0 saturated carbocycles. The maximum Gasteiger partial charge on any atom is 0.262 e. The molecule has 2 rings (SSSR count). The lowest BCUT2D eigenvalue weighted by atomic mass is 10.3. The van der Waals surface area contributed by atoms with Crippen LogP contribution in [0.25, 0.3) is 0 Å². The average molecular weight is 349 g/mol. The zero-order valence-electron chi connectivity index (χ0n) is 13.8. The fourth-order valence-electron chi connectivity index (χ4n) is 1.86. The Labute approximate surface area is 146 Å². The Hall–Kier alpha value is -2.31. The number of rotatable bonds is 8. The van der Waals surface area contributed by atoms with Crippen LogP contribution in [0.2, 0.25) is 5.02 Å². The number of pyridine rings is 1. The largest absolute Gasteiger partial charge is 0.484 e. The van der Waals surface area contributed by atoms with Gasteiger partial charge in [-0.2, -0.15) is 0 Å². The van der Waals surface area contributed by atoms with Crippen molar-refractivity contribution in [3.05, 3.63) is 47.6 Å². The van der Waals surface area contributed by atoms with Crippen LogP contribution in [0.1, 0.15) is 0 Å². The third-order valence-electron chi connectivity index (χ3n) is 3.10. The van der Waals surface area contributed by atoms with Gasteiger partial charge >= 0.3 is 0 Å². The van der Waals surface area contributed by atoms with Crippen LogP contribution < -0.4 is 15.4 Å². The molecule has 128 valence electrons. The first-order valence-corrected chi connectivity index (χ1v) is 7.93. The maximum absolute atomic E-state index is 11.9. The smallest absolute Gasteiger partial charge is 0.262 e. The number of carbonyl (C=O) groups is 1. The molecule has 0 radical (unpaired) electrons. The van der Waals surface area contributed by atoms with Gasteiger partial charge in [0.05, 0.1) is 11.9 Å². The second-order valence-corrected chi connectivity index (χ2v) is 5.89. The van der Waals surface area contributed by atoms with Crippen molar-refractivity contribution in [3.8, 4) is 5.75 Å². The molecular formula is C17H21ClN4O2. The summed E-state index contributed by atoms with van der Waals surface area (Å²) in [4.78, 5) is 18.2. The first-order chi connectivity index (χ1) is 11.5. The van der Waals surface area contributed by atoms with E-state index in [4.69, 9.17) is 16.3 Å². The molecule has 2 aromatic rings. The minimum atomic E-state index is -0.250. The van der Waals surface area contributed by atoms with E-state index in [2.05, 4.69) is 20.5 Å². The highest BCUT2D eigenvalue weighted by molar-refractivity contribution is 6.30. The summed E-state index contributed by atoms with van der Waals surface area (Å²) in [5.74, 6) is 1.11. The van der Waals surface area contributed by atoms with E-state index in [1.165, 1.54) is 0 Å². The minimum absolute atomic E-state index is 0.0789. The van der Waals surface area contributed by atoms with Crippen molar-refractivity contribution in [2.45, 2.75) is 0 Å². The van der Waals surface area contributed by atoms with Gasteiger partial charge in [0.1, 0.15) is 11.6 Å². The fourth-order valence-corrected chi connectivity index (χ4v) is 1.98. The van der Waals surface area contributed by atoms with E-state index in [1.54, 1.807) is 36.5 Å². The molecule has 0 aliphatic carbocycles. The van der Waals surface area contributed by atoms with Gasteiger partial charge in [0.2, 0.25) is 0 Å². The molecule has 1 amide bonds. The van der Waals surface area contributed by atoms with E-state index >= 15 is 0 Å². The topological polar surface area (TPSA) is 66.5 Å². The highest BCUT2D eigenvalue weighted by Crippen LogP contribution is 2.15. The third-order valence-corrected chi connectivity index (χ3v) is 3.35. The number of anilines is 2. The minimum Gasteiger partial charge on any atom is -0.484 e. The van der Waals surface area contributed by atoms with Crippen molar-refractivity contribution in [2.75, 3.05) is 44.4 Å². The number of hydrogen-bond donors (Lipinski definition) is 2. The first kappa shape index (κ1) is 18.0. The van der Waals surface area contributed by atoms with E-state index in [0.717, 1.165) is 18.9 Å². The highest BCUT2D eigenvalue weighted by atomic mass is 35.5. The Morgan fingerprint density at radius 1 is 1.21 bits per heavy atom. The molecule has 24 heavy (non-hydrogen) atoms. The number of aromatic nitrogens is 1. The van der Waals surface area contributed by atoms with Crippen LogP contribution in [-0.4, -0.2) is 49.6 Å². The molecule has 7 heteroatoms. The Morgan fingerprint density at radius 3 is 2.58 bits per heavy atom. The lowest BCUT2D eigenvalue weighted by molar-refractivity contribution is -0.118. The van der Waals surface area contributed by atoms with Gasteiger partial charge in [0.15, 0.2) is 6.61 Å². The molecule has 6 nitrogen and oxygen atoms in total. The van der Waals surface area contributed by atoms with Crippen LogP contribution in [-0.2, 0) is 4.79 Å². The molecular weight excluding hydrogens is 328 g/mol. The van der Waals surface area contributed by atoms with Crippen molar-refractivity contribution in [1.82, 2.24) is 9.88 Å². The Morgan fingerprint density at radius 2 is 1.96 bits per heavy atom. The molecule has 1 aromatic heterocycles. The average Bonchev–Trinajstić information content (AvgIpc) is 2.56. The van der Waals surface area contributed by atoms with Gasteiger partial charge in [-0.3, -0.25) is 4.79 Å². The Bertz CT molecular complexity index is 645. The molecule has 0 unspecified atom stereocenters. The zero-order chi connectivity index (χ0) is 17.4. The molecule has 0 saturated heterocycles.